The highest BCUT2D eigenvalue weighted by Gasteiger charge is 2.24. The highest BCUT2D eigenvalue weighted by Crippen LogP contribution is 2.12. The standard InChI is InChI=1S/C7H10O4/c1-9-5-3-6(11-4-5)7(8)10-2/h3,6H,4H2,1-2H3/t6-/m1/s1. The van der Waals surface area contributed by atoms with E-state index < -0.39 is 12.1 Å². The van der Waals surface area contributed by atoms with Gasteiger partial charge in [-0.1, -0.05) is 0 Å². The number of esters is 1. The van der Waals surface area contributed by atoms with Gasteiger partial charge in [-0.3, -0.25) is 0 Å². The molecule has 0 spiro atoms. The van der Waals surface area contributed by atoms with E-state index >= 15 is 0 Å². The minimum Gasteiger partial charge on any atom is -0.499 e. The average molecular weight is 158 g/mol. The summed E-state index contributed by atoms with van der Waals surface area (Å²) < 4.78 is 14.3. The zero-order valence-corrected chi connectivity index (χ0v) is 6.49. The molecular weight excluding hydrogens is 148 g/mol. The second kappa shape index (κ2) is 3.39. The van der Waals surface area contributed by atoms with E-state index in [-0.39, 0.29) is 0 Å². The Hall–Kier alpha value is -1.03. The first-order valence-corrected chi connectivity index (χ1v) is 3.22. The van der Waals surface area contributed by atoms with Crippen LogP contribution in [0.15, 0.2) is 11.8 Å². The summed E-state index contributed by atoms with van der Waals surface area (Å²) in [5, 5.41) is 0. The summed E-state index contributed by atoms with van der Waals surface area (Å²) in [7, 11) is 2.86. The molecule has 0 aromatic carbocycles. The molecule has 0 aliphatic carbocycles. The first-order valence-electron chi connectivity index (χ1n) is 3.22. The van der Waals surface area contributed by atoms with Crippen LogP contribution in [0.5, 0.6) is 0 Å². The summed E-state index contributed by atoms with van der Waals surface area (Å²) >= 11 is 0. The summed E-state index contributed by atoms with van der Waals surface area (Å²) in [6.07, 6.45) is 1.01. The predicted molar refractivity (Wildman–Crippen MR) is 36.8 cm³/mol. The Morgan fingerprint density at radius 1 is 1.73 bits per heavy atom. The molecule has 0 unspecified atom stereocenters. The molecular formula is C7H10O4. The van der Waals surface area contributed by atoms with Gasteiger partial charge in [0, 0.05) is 0 Å². The predicted octanol–water partition coefficient (Wildman–Crippen LogP) is 0.0885. The Balaban J connectivity index is 2.52. The summed E-state index contributed by atoms with van der Waals surface area (Å²) in [5.41, 5.74) is 0. The summed E-state index contributed by atoms with van der Waals surface area (Å²) in [6.45, 7) is 0.344. The first kappa shape index (κ1) is 8.07. The van der Waals surface area contributed by atoms with Crippen molar-refractivity contribution in [2.45, 2.75) is 6.10 Å². The van der Waals surface area contributed by atoms with Crippen LogP contribution in [-0.2, 0) is 19.0 Å². The van der Waals surface area contributed by atoms with Crippen molar-refractivity contribution < 1.29 is 19.0 Å². The monoisotopic (exact) mass is 158 g/mol. The maximum atomic E-state index is 10.8. The number of methoxy groups -OCH3 is 2. The van der Waals surface area contributed by atoms with Gasteiger partial charge in [-0.05, 0) is 6.08 Å². The number of hydrogen-bond acceptors (Lipinski definition) is 4. The Morgan fingerprint density at radius 2 is 2.45 bits per heavy atom. The van der Waals surface area contributed by atoms with Crippen molar-refractivity contribution >= 4 is 5.97 Å². The second-order valence-electron chi connectivity index (χ2n) is 2.09. The molecule has 0 radical (unpaired) electrons. The van der Waals surface area contributed by atoms with Crippen LogP contribution in [-0.4, -0.2) is 32.9 Å². The molecule has 0 aromatic heterocycles. The third kappa shape index (κ3) is 1.71. The van der Waals surface area contributed by atoms with E-state index in [9.17, 15) is 4.79 Å². The molecule has 1 rings (SSSR count). The fraction of sp³-hybridized carbons (Fsp3) is 0.571. The number of carbonyl (C=O) groups excluding carboxylic acids is 1. The van der Waals surface area contributed by atoms with Gasteiger partial charge in [-0.2, -0.15) is 0 Å². The van der Waals surface area contributed by atoms with Gasteiger partial charge in [0.1, 0.15) is 12.4 Å². The molecule has 0 aromatic rings. The van der Waals surface area contributed by atoms with Crippen molar-refractivity contribution in [3.8, 4) is 0 Å². The van der Waals surface area contributed by atoms with E-state index in [4.69, 9.17) is 9.47 Å². The van der Waals surface area contributed by atoms with Gasteiger partial charge in [-0.15, -0.1) is 0 Å². The molecule has 1 atom stereocenters. The first-order chi connectivity index (χ1) is 5.27. The highest BCUT2D eigenvalue weighted by atomic mass is 16.6. The maximum absolute atomic E-state index is 10.8. The lowest BCUT2D eigenvalue weighted by Crippen LogP contribution is -2.19. The van der Waals surface area contributed by atoms with E-state index in [1.165, 1.54) is 14.2 Å². The molecule has 0 amide bonds. The molecule has 0 bridgehead atoms. The van der Waals surface area contributed by atoms with Crippen LogP contribution in [0.3, 0.4) is 0 Å². The molecule has 0 saturated heterocycles. The van der Waals surface area contributed by atoms with Crippen molar-refractivity contribution in [2.24, 2.45) is 0 Å². The quantitative estimate of drug-likeness (QED) is 0.534. The number of hydrogen-bond donors (Lipinski definition) is 0. The second-order valence-corrected chi connectivity index (χ2v) is 2.09. The van der Waals surface area contributed by atoms with Crippen LogP contribution in [0.25, 0.3) is 0 Å². The summed E-state index contributed by atoms with van der Waals surface area (Å²) in [5.74, 6) is 0.275. The van der Waals surface area contributed by atoms with E-state index in [1.807, 2.05) is 0 Å². The smallest absolute Gasteiger partial charge is 0.339 e. The van der Waals surface area contributed by atoms with Crippen LogP contribution in [0.2, 0.25) is 0 Å². The molecule has 11 heavy (non-hydrogen) atoms. The number of ether oxygens (including phenoxy) is 3. The molecule has 0 fully saturated rings. The van der Waals surface area contributed by atoms with Gasteiger partial charge < -0.3 is 14.2 Å². The van der Waals surface area contributed by atoms with Gasteiger partial charge in [0.05, 0.1) is 14.2 Å². The van der Waals surface area contributed by atoms with Gasteiger partial charge in [0.25, 0.3) is 0 Å². The molecule has 4 heteroatoms. The average Bonchev–Trinajstić information content (AvgIpc) is 2.50. The lowest BCUT2D eigenvalue weighted by atomic mass is 10.3. The van der Waals surface area contributed by atoms with Crippen LogP contribution in [0.1, 0.15) is 0 Å². The van der Waals surface area contributed by atoms with E-state index in [0.29, 0.717) is 12.4 Å². The zero-order chi connectivity index (χ0) is 8.27. The third-order valence-electron chi connectivity index (χ3n) is 1.44. The van der Waals surface area contributed by atoms with Crippen molar-refractivity contribution in [2.75, 3.05) is 20.8 Å². The van der Waals surface area contributed by atoms with Crippen molar-refractivity contribution in [1.29, 1.82) is 0 Å². The minimum absolute atomic E-state index is 0.344. The number of carbonyl (C=O) groups is 1. The molecule has 0 saturated carbocycles. The highest BCUT2D eigenvalue weighted by molar-refractivity contribution is 5.77. The van der Waals surface area contributed by atoms with E-state index in [0.717, 1.165) is 0 Å². The molecule has 1 aliphatic heterocycles. The summed E-state index contributed by atoms with van der Waals surface area (Å²) in [6, 6.07) is 0. The number of rotatable bonds is 2. The van der Waals surface area contributed by atoms with Crippen LogP contribution >= 0.6 is 0 Å². The van der Waals surface area contributed by atoms with Gasteiger partial charge >= 0.3 is 5.97 Å². The molecule has 62 valence electrons. The van der Waals surface area contributed by atoms with Crippen LogP contribution in [0.4, 0.5) is 0 Å². The minimum atomic E-state index is -0.588. The van der Waals surface area contributed by atoms with Crippen LogP contribution < -0.4 is 0 Å². The van der Waals surface area contributed by atoms with Crippen molar-refractivity contribution in [3.63, 3.8) is 0 Å². The molecule has 1 heterocycles. The van der Waals surface area contributed by atoms with Gasteiger partial charge in [0.2, 0.25) is 0 Å². The van der Waals surface area contributed by atoms with Crippen LogP contribution in [0, 0.1) is 0 Å². The van der Waals surface area contributed by atoms with Gasteiger partial charge in [0.15, 0.2) is 6.10 Å². The zero-order valence-electron chi connectivity index (χ0n) is 6.49. The largest absolute Gasteiger partial charge is 0.499 e. The third-order valence-corrected chi connectivity index (χ3v) is 1.44. The topological polar surface area (TPSA) is 44.8 Å². The normalized spacial score (nSPS) is 22.7. The molecule has 4 nitrogen and oxygen atoms in total. The molecule has 1 aliphatic rings. The Morgan fingerprint density at radius 3 is 2.91 bits per heavy atom. The Labute approximate surface area is 64.7 Å². The fourth-order valence-corrected chi connectivity index (χ4v) is 0.816. The van der Waals surface area contributed by atoms with Crippen molar-refractivity contribution in [1.82, 2.24) is 0 Å². The van der Waals surface area contributed by atoms with Crippen molar-refractivity contribution in [3.05, 3.63) is 11.8 Å². The van der Waals surface area contributed by atoms with E-state index in [1.54, 1.807) is 6.08 Å². The maximum Gasteiger partial charge on any atom is 0.339 e. The fourth-order valence-electron chi connectivity index (χ4n) is 0.816. The van der Waals surface area contributed by atoms with Gasteiger partial charge in [-0.25, -0.2) is 4.79 Å². The SMILES string of the molecule is COC(=O)[C@H]1C=C(OC)CO1. The summed E-state index contributed by atoms with van der Waals surface area (Å²) in [4.78, 5) is 10.8. The molecule has 0 N–H and O–H groups in total. The lowest BCUT2D eigenvalue weighted by Gasteiger charge is -2.02. The van der Waals surface area contributed by atoms with E-state index in [2.05, 4.69) is 4.74 Å². The lowest BCUT2D eigenvalue weighted by molar-refractivity contribution is -0.149. The Bertz CT molecular complexity index is 185. The Kier molecular flexibility index (Phi) is 2.48.